The fourth-order valence-corrected chi connectivity index (χ4v) is 5.61. The predicted molar refractivity (Wildman–Crippen MR) is 131 cm³/mol. The monoisotopic (exact) mass is 525 g/mol. The van der Waals surface area contributed by atoms with E-state index >= 15 is 0 Å². The maximum atomic E-state index is 13.0. The molecule has 1 N–H and O–H groups in total. The molecule has 5 rings (SSSR count). The van der Waals surface area contributed by atoms with E-state index in [2.05, 4.69) is 31.2 Å². The predicted octanol–water partition coefficient (Wildman–Crippen LogP) is 4.39. The van der Waals surface area contributed by atoms with Gasteiger partial charge in [-0.2, -0.15) is 0 Å². The number of nitrogens with zero attached hydrogens (tertiary/aromatic N) is 5. The molecule has 0 radical (unpaired) electrons. The van der Waals surface area contributed by atoms with E-state index in [4.69, 9.17) is 0 Å². The summed E-state index contributed by atoms with van der Waals surface area (Å²) in [5.74, 6) is 0.0808. The van der Waals surface area contributed by atoms with Crippen LogP contribution in [0.25, 0.3) is 15.9 Å². The average Bonchev–Trinajstić information content (AvgIpc) is 3.41. The number of carbonyl (C=O) groups is 1. The van der Waals surface area contributed by atoms with Crippen molar-refractivity contribution in [3.05, 3.63) is 69.4 Å². The van der Waals surface area contributed by atoms with Crippen LogP contribution in [0.3, 0.4) is 0 Å². The Morgan fingerprint density at radius 2 is 2.09 bits per heavy atom. The Bertz CT molecular complexity index is 1320. The number of carbonyl (C=O) groups excluding carboxylic acids is 1. The molecule has 4 aromatic rings. The molecule has 1 aliphatic heterocycles. The highest BCUT2D eigenvalue weighted by Crippen LogP contribution is 2.32. The third-order valence-electron chi connectivity index (χ3n) is 6.29. The van der Waals surface area contributed by atoms with Crippen LogP contribution in [0.1, 0.15) is 36.1 Å². The van der Waals surface area contributed by atoms with E-state index in [0.717, 1.165) is 31.5 Å². The summed E-state index contributed by atoms with van der Waals surface area (Å²) in [5, 5.41) is 20.0. The number of likely N-dealkylation sites (tertiary alicyclic amines) is 1. The van der Waals surface area contributed by atoms with Gasteiger partial charge in [0.2, 0.25) is 5.91 Å². The number of fused-ring (bicyclic) bond motifs is 1. The van der Waals surface area contributed by atoms with Crippen molar-refractivity contribution in [2.75, 3.05) is 13.1 Å². The summed E-state index contributed by atoms with van der Waals surface area (Å²) in [5.41, 5.74) is 5.20. The highest BCUT2D eigenvalue weighted by atomic mass is 79.9. The third-order valence-corrected chi connectivity index (χ3v) is 7.58. The Labute approximate surface area is 204 Å². The number of hydrogen-bond acceptors (Lipinski definition) is 6. The minimum absolute atomic E-state index is 0.0808. The largest absolute Gasteiger partial charge is 0.383 e. The van der Waals surface area contributed by atoms with Gasteiger partial charge in [-0.25, -0.2) is 9.67 Å². The number of halogens is 1. The van der Waals surface area contributed by atoms with E-state index in [-0.39, 0.29) is 5.91 Å². The van der Waals surface area contributed by atoms with E-state index in [9.17, 15) is 9.90 Å². The second kappa shape index (κ2) is 8.96. The van der Waals surface area contributed by atoms with Crippen LogP contribution >= 0.6 is 27.3 Å². The van der Waals surface area contributed by atoms with Crippen LogP contribution in [-0.2, 0) is 16.8 Å². The summed E-state index contributed by atoms with van der Waals surface area (Å²) in [6.45, 7) is 3.13. The van der Waals surface area contributed by atoms with Gasteiger partial charge in [0.25, 0.3) is 0 Å². The molecule has 0 saturated carbocycles. The van der Waals surface area contributed by atoms with Gasteiger partial charge in [-0.1, -0.05) is 27.2 Å². The van der Waals surface area contributed by atoms with Crippen molar-refractivity contribution >= 4 is 43.4 Å². The first-order chi connectivity index (χ1) is 15.9. The number of amides is 1. The lowest BCUT2D eigenvalue weighted by Gasteiger charge is -2.24. The molecular formula is C24H24BrN5O2S. The number of hydrogen-bond donors (Lipinski definition) is 1. The molecule has 0 spiro atoms. The molecule has 7 nitrogen and oxygen atoms in total. The number of thiazole rings is 1. The second-order valence-electron chi connectivity index (χ2n) is 8.58. The Morgan fingerprint density at radius 1 is 1.21 bits per heavy atom. The summed E-state index contributed by atoms with van der Waals surface area (Å²) in [7, 11) is 0. The fraction of sp³-hybridized carbons (Fsp3) is 0.333. The first kappa shape index (κ1) is 22.2. The summed E-state index contributed by atoms with van der Waals surface area (Å²) in [6, 6.07) is 11.9. The molecule has 2 aromatic carbocycles. The molecule has 9 heteroatoms. The first-order valence-corrected chi connectivity index (χ1v) is 12.6. The first-order valence-electron chi connectivity index (χ1n) is 10.9. The van der Waals surface area contributed by atoms with Crippen LogP contribution in [0.15, 0.2) is 52.6 Å². The molecule has 1 aliphatic rings. The van der Waals surface area contributed by atoms with Crippen molar-refractivity contribution < 1.29 is 9.90 Å². The van der Waals surface area contributed by atoms with Crippen LogP contribution in [-0.4, -0.2) is 49.0 Å². The van der Waals surface area contributed by atoms with E-state index in [0.29, 0.717) is 44.5 Å². The standard InChI is InChI=1S/C24H24BrN5O2S/c1-16-11-18(25)4-6-20(16)30-14-22(27-28-30)24(32)7-2-9-29(10-8-24)23(31)13-17-3-5-19-21(12-17)33-15-26-19/h3-6,11-12,14-15,32H,2,7-10,13H2,1H3. The molecular weight excluding hydrogens is 502 g/mol. The highest BCUT2D eigenvalue weighted by Gasteiger charge is 2.36. The van der Waals surface area contributed by atoms with Gasteiger partial charge in [0, 0.05) is 17.6 Å². The lowest BCUT2D eigenvalue weighted by molar-refractivity contribution is -0.130. The van der Waals surface area contributed by atoms with E-state index in [1.165, 1.54) is 0 Å². The highest BCUT2D eigenvalue weighted by molar-refractivity contribution is 9.10. The van der Waals surface area contributed by atoms with Crippen molar-refractivity contribution in [3.63, 3.8) is 0 Å². The number of rotatable bonds is 4. The van der Waals surface area contributed by atoms with Crippen molar-refractivity contribution in [2.24, 2.45) is 0 Å². The van der Waals surface area contributed by atoms with Gasteiger partial charge in [0.05, 0.1) is 34.0 Å². The second-order valence-corrected chi connectivity index (χ2v) is 10.4. The van der Waals surface area contributed by atoms with Gasteiger partial charge in [-0.15, -0.1) is 16.4 Å². The number of aromatic nitrogens is 4. The molecule has 1 saturated heterocycles. The molecule has 1 unspecified atom stereocenters. The lowest BCUT2D eigenvalue weighted by atomic mass is 9.92. The Hall–Kier alpha value is -2.62. The summed E-state index contributed by atoms with van der Waals surface area (Å²) in [6.07, 6.45) is 3.84. The summed E-state index contributed by atoms with van der Waals surface area (Å²) < 4.78 is 3.80. The van der Waals surface area contributed by atoms with Crippen LogP contribution in [0.5, 0.6) is 0 Å². The molecule has 1 fully saturated rings. The van der Waals surface area contributed by atoms with E-state index in [1.807, 2.05) is 53.7 Å². The summed E-state index contributed by atoms with van der Waals surface area (Å²) >= 11 is 5.06. The zero-order valence-corrected chi connectivity index (χ0v) is 20.6. The third kappa shape index (κ3) is 4.58. The number of benzene rings is 2. The van der Waals surface area contributed by atoms with Gasteiger partial charge in [0.1, 0.15) is 11.3 Å². The van der Waals surface area contributed by atoms with Crippen molar-refractivity contribution in [1.29, 1.82) is 0 Å². The van der Waals surface area contributed by atoms with Crippen LogP contribution in [0, 0.1) is 6.92 Å². The Morgan fingerprint density at radius 3 is 2.94 bits per heavy atom. The quantitative estimate of drug-likeness (QED) is 0.427. The maximum absolute atomic E-state index is 13.0. The molecule has 1 amide bonds. The minimum Gasteiger partial charge on any atom is -0.383 e. The van der Waals surface area contributed by atoms with Crippen molar-refractivity contribution in [2.45, 2.75) is 38.2 Å². The zero-order valence-electron chi connectivity index (χ0n) is 18.2. The SMILES string of the molecule is Cc1cc(Br)ccc1-n1cc(C2(O)CCCN(C(=O)Cc3ccc4ncsc4c3)CC2)nn1. The van der Waals surface area contributed by atoms with Crippen LogP contribution in [0.2, 0.25) is 0 Å². The van der Waals surface area contributed by atoms with Gasteiger partial charge < -0.3 is 10.0 Å². The molecule has 170 valence electrons. The molecule has 33 heavy (non-hydrogen) atoms. The Balaban J connectivity index is 1.28. The molecule has 3 heterocycles. The van der Waals surface area contributed by atoms with E-state index < -0.39 is 5.60 Å². The number of aliphatic hydroxyl groups is 1. The van der Waals surface area contributed by atoms with Crippen molar-refractivity contribution in [3.8, 4) is 5.69 Å². The minimum atomic E-state index is -1.10. The number of aryl methyl sites for hydroxylation is 1. The fourth-order valence-electron chi connectivity index (χ4n) is 4.39. The topological polar surface area (TPSA) is 84.1 Å². The van der Waals surface area contributed by atoms with Gasteiger partial charge in [-0.05, 0) is 67.6 Å². The van der Waals surface area contributed by atoms with E-state index in [1.54, 1.807) is 22.2 Å². The van der Waals surface area contributed by atoms with Gasteiger partial charge in [0.15, 0.2) is 0 Å². The molecule has 2 aromatic heterocycles. The zero-order chi connectivity index (χ0) is 23.0. The molecule has 1 atom stereocenters. The smallest absolute Gasteiger partial charge is 0.226 e. The maximum Gasteiger partial charge on any atom is 0.226 e. The average molecular weight is 526 g/mol. The Kier molecular flexibility index (Phi) is 6.03. The van der Waals surface area contributed by atoms with Crippen molar-refractivity contribution in [1.82, 2.24) is 24.9 Å². The molecule has 0 aliphatic carbocycles. The lowest BCUT2D eigenvalue weighted by Crippen LogP contribution is -2.34. The van der Waals surface area contributed by atoms with Crippen LogP contribution in [0.4, 0.5) is 0 Å². The normalized spacial score (nSPS) is 19.1. The summed E-state index contributed by atoms with van der Waals surface area (Å²) in [4.78, 5) is 19.1. The molecule has 0 bridgehead atoms. The van der Waals surface area contributed by atoms with Gasteiger partial charge in [-0.3, -0.25) is 4.79 Å². The van der Waals surface area contributed by atoms with Gasteiger partial charge >= 0.3 is 0 Å². The van der Waals surface area contributed by atoms with Crippen LogP contribution < -0.4 is 0 Å².